The molecule has 1 heterocycles. The van der Waals surface area contributed by atoms with E-state index in [4.69, 9.17) is 5.73 Å². The number of aromatic nitrogens is 2. The Labute approximate surface area is 102 Å². The Morgan fingerprint density at radius 2 is 2.06 bits per heavy atom. The van der Waals surface area contributed by atoms with Crippen LogP contribution in [0.15, 0.2) is 42.7 Å². The van der Waals surface area contributed by atoms with Gasteiger partial charge in [-0.25, -0.2) is 0 Å². The fourth-order valence-corrected chi connectivity index (χ4v) is 1.90. The van der Waals surface area contributed by atoms with Crippen molar-refractivity contribution in [3.63, 3.8) is 0 Å². The van der Waals surface area contributed by atoms with E-state index in [1.54, 1.807) is 0 Å². The Kier molecular flexibility index (Phi) is 3.94. The second-order valence-corrected chi connectivity index (χ2v) is 4.26. The van der Waals surface area contributed by atoms with E-state index in [2.05, 4.69) is 30.4 Å². The molecule has 90 valence electrons. The average molecular weight is 229 g/mol. The normalized spacial score (nSPS) is 12.6. The zero-order valence-electron chi connectivity index (χ0n) is 10.2. The molecule has 1 atom stereocenters. The standard InChI is InChI=1S/C14H19N3/c1-2-17-11-12(10-16-17)8-9-14(15)13-6-4-3-5-7-13/h3-7,10-11,14H,2,8-9,15H2,1H3. The third-order valence-corrected chi connectivity index (χ3v) is 2.98. The lowest BCUT2D eigenvalue weighted by molar-refractivity contribution is 0.645. The summed E-state index contributed by atoms with van der Waals surface area (Å²) < 4.78 is 1.95. The van der Waals surface area contributed by atoms with Crippen LogP contribution in [0.4, 0.5) is 0 Å². The SMILES string of the molecule is CCn1cc(CCC(N)c2ccccc2)cn1. The lowest BCUT2D eigenvalue weighted by Gasteiger charge is -2.10. The van der Waals surface area contributed by atoms with Crippen LogP contribution in [0.3, 0.4) is 0 Å². The minimum atomic E-state index is 0.112. The van der Waals surface area contributed by atoms with Crippen molar-refractivity contribution in [1.29, 1.82) is 0 Å². The highest BCUT2D eigenvalue weighted by Crippen LogP contribution is 2.16. The van der Waals surface area contributed by atoms with Crippen LogP contribution in [-0.2, 0) is 13.0 Å². The summed E-state index contributed by atoms with van der Waals surface area (Å²) in [5, 5.41) is 4.26. The highest BCUT2D eigenvalue weighted by molar-refractivity contribution is 5.18. The Hall–Kier alpha value is -1.61. The first-order valence-corrected chi connectivity index (χ1v) is 6.11. The molecule has 0 aliphatic heterocycles. The van der Waals surface area contributed by atoms with Gasteiger partial charge in [0, 0.05) is 18.8 Å². The van der Waals surface area contributed by atoms with Gasteiger partial charge in [0.15, 0.2) is 0 Å². The largest absolute Gasteiger partial charge is 0.324 e. The number of nitrogens with two attached hydrogens (primary N) is 1. The van der Waals surface area contributed by atoms with Gasteiger partial charge in [0.2, 0.25) is 0 Å². The molecule has 17 heavy (non-hydrogen) atoms. The molecule has 0 aliphatic carbocycles. The minimum Gasteiger partial charge on any atom is -0.324 e. The average Bonchev–Trinajstić information content (AvgIpc) is 2.85. The molecule has 2 aromatic rings. The molecule has 0 aliphatic rings. The highest BCUT2D eigenvalue weighted by atomic mass is 15.3. The van der Waals surface area contributed by atoms with E-state index in [0.717, 1.165) is 19.4 Å². The Morgan fingerprint density at radius 3 is 2.71 bits per heavy atom. The zero-order chi connectivity index (χ0) is 12.1. The summed E-state index contributed by atoms with van der Waals surface area (Å²) in [5.41, 5.74) is 8.62. The summed E-state index contributed by atoms with van der Waals surface area (Å²) in [6.07, 6.45) is 5.97. The number of rotatable bonds is 5. The van der Waals surface area contributed by atoms with Crippen molar-refractivity contribution < 1.29 is 0 Å². The van der Waals surface area contributed by atoms with Gasteiger partial charge in [0.05, 0.1) is 6.20 Å². The van der Waals surface area contributed by atoms with E-state index in [0.29, 0.717) is 0 Å². The lowest BCUT2D eigenvalue weighted by atomic mass is 10.0. The summed E-state index contributed by atoms with van der Waals surface area (Å²) in [6.45, 7) is 3.01. The van der Waals surface area contributed by atoms with Gasteiger partial charge in [0.1, 0.15) is 0 Å². The monoisotopic (exact) mass is 229 g/mol. The number of nitrogens with zero attached hydrogens (tertiary/aromatic N) is 2. The van der Waals surface area contributed by atoms with Gasteiger partial charge in [-0.05, 0) is 30.9 Å². The van der Waals surface area contributed by atoms with Crippen molar-refractivity contribution in [2.45, 2.75) is 32.4 Å². The van der Waals surface area contributed by atoms with Crippen molar-refractivity contribution in [1.82, 2.24) is 9.78 Å². The third-order valence-electron chi connectivity index (χ3n) is 2.98. The Morgan fingerprint density at radius 1 is 1.29 bits per heavy atom. The van der Waals surface area contributed by atoms with Crippen molar-refractivity contribution >= 4 is 0 Å². The molecule has 2 N–H and O–H groups in total. The van der Waals surface area contributed by atoms with Crippen molar-refractivity contribution in [2.24, 2.45) is 5.73 Å². The van der Waals surface area contributed by atoms with Gasteiger partial charge in [-0.3, -0.25) is 4.68 Å². The Bertz CT molecular complexity index is 448. The topological polar surface area (TPSA) is 43.8 Å². The summed E-state index contributed by atoms with van der Waals surface area (Å²) in [7, 11) is 0. The molecule has 0 bridgehead atoms. The molecule has 1 aromatic carbocycles. The molecule has 0 saturated heterocycles. The quantitative estimate of drug-likeness (QED) is 0.856. The van der Waals surface area contributed by atoms with Crippen LogP contribution in [0.2, 0.25) is 0 Å². The van der Waals surface area contributed by atoms with Crippen LogP contribution in [0.5, 0.6) is 0 Å². The second kappa shape index (κ2) is 5.64. The van der Waals surface area contributed by atoms with Gasteiger partial charge in [-0.1, -0.05) is 30.3 Å². The van der Waals surface area contributed by atoms with Crippen LogP contribution < -0.4 is 5.73 Å². The summed E-state index contributed by atoms with van der Waals surface area (Å²) in [4.78, 5) is 0. The summed E-state index contributed by atoms with van der Waals surface area (Å²) in [6, 6.07) is 10.4. The fraction of sp³-hybridized carbons (Fsp3) is 0.357. The van der Waals surface area contributed by atoms with Gasteiger partial charge in [-0.15, -0.1) is 0 Å². The Balaban J connectivity index is 1.90. The predicted molar refractivity (Wildman–Crippen MR) is 69.6 cm³/mol. The van der Waals surface area contributed by atoms with Crippen LogP contribution in [0.25, 0.3) is 0 Å². The van der Waals surface area contributed by atoms with E-state index in [9.17, 15) is 0 Å². The van der Waals surface area contributed by atoms with Crippen molar-refractivity contribution in [3.8, 4) is 0 Å². The summed E-state index contributed by atoms with van der Waals surface area (Å²) in [5.74, 6) is 0. The third kappa shape index (κ3) is 3.17. The molecule has 0 fully saturated rings. The number of benzene rings is 1. The molecular formula is C14H19N3. The zero-order valence-corrected chi connectivity index (χ0v) is 10.2. The van der Waals surface area contributed by atoms with E-state index in [1.807, 2.05) is 29.1 Å². The molecule has 1 unspecified atom stereocenters. The molecule has 0 spiro atoms. The molecule has 3 nitrogen and oxygen atoms in total. The summed E-state index contributed by atoms with van der Waals surface area (Å²) >= 11 is 0. The smallest absolute Gasteiger partial charge is 0.0521 e. The first-order valence-electron chi connectivity index (χ1n) is 6.11. The van der Waals surface area contributed by atoms with Crippen LogP contribution >= 0.6 is 0 Å². The number of aryl methyl sites for hydroxylation is 2. The van der Waals surface area contributed by atoms with Crippen LogP contribution in [0.1, 0.15) is 30.5 Å². The number of hydrogen-bond acceptors (Lipinski definition) is 2. The van der Waals surface area contributed by atoms with Gasteiger partial charge in [0.25, 0.3) is 0 Å². The van der Waals surface area contributed by atoms with Gasteiger partial charge < -0.3 is 5.73 Å². The maximum Gasteiger partial charge on any atom is 0.0521 e. The maximum absolute atomic E-state index is 6.15. The molecular weight excluding hydrogens is 210 g/mol. The molecule has 0 saturated carbocycles. The van der Waals surface area contributed by atoms with E-state index in [-0.39, 0.29) is 6.04 Å². The van der Waals surface area contributed by atoms with E-state index >= 15 is 0 Å². The molecule has 2 rings (SSSR count). The minimum absolute atomic E-state index is 0.112. The number of hydrogen-bond donors (Lipinski definition) is 1. The molecule has 1 aromatic heterocycles. The lowest BCUT2D eigenvalue weighted by Crippen LogP contribution is -2.10. The fourth-order valence-electron chi connectivity index (χ4n) is 1.90. The first kappa shape index (κ1) is 11.9. The maximum atomic E-state index is 6.15. The van der Waals surface area contributed by atoms with E-state index < -0.39 is 0 Å². The van der Waals surface area contributed by atoms with Crippen molar-refractivity contribution in [3.05, 3.63) is 53.9 Å². The second-order valence-electron chi connectivity index (χ2n) is 4.26. The molecule has 0 amide bonds. The first-order chi connectivity index (χ1) is 8.29. The van der Waals surface area contributed by atoms with Gasteiger partial charge in [-0.2, -0.15) is 5.10 Å². The predicted octanol–water partition coefficient (Wildman–Crippen LogP) is 2.54. The van der Waals surface area contributed by atoms with E-state index in [1.165, 1.54) is 11.1 Å². The van der Waals surface area contributed by atoms with Gasteiger partial charge >= 0.3 is 0 Å². The molecule has 0 radical (unpaired) electrons. The highest BCUT2D eigenvalue weighted by Gasteiger charge is 2.06. The van der Waals surface area contributed by atoms with Crippen LogP contribution in [0, 0.1) is 0 Å². The molecule has 3 heteroatoms. The van der Waals surface area contributed by atoms with Crippen molar-refractivity contribution in [2.75, 3.05) is 0 Å². The van der Waals surface area contributed by atoms with Crippen LogP contribution in [-0.4, -0.2) is 9.78 Å².